The predicted octanol–water partition coefficient (Wildman–Crippen LogP) is -0.0287. The number of hydrogen-bond donors (Lipinski definition) is 1. The van der Waals surface area contributed by atoms with Gasteiger partial charge < -0.3 is 4.98 Å². The topological polar surface area (TPSA) is 92.2 Å². The first-order valence-electron chi connectivity index (χ1n) is 6.44. The Hall–Kier alpha value is -1.93. The van der Waals surface area contributed by atoms with Crippen molar-refractivity contribution < 1.29 is 8.42 Å². The highest BCUT2D eigenvalue weighted by Crippen LogP contribution is 2.03. The number of aromatic nitrogens is 2. The van der Waals surface area contributed by atoms with E-state index in [9.17, 15) is 18.0 Å². The van der Waals surface area contributed by atoms with Gasteiger partial charge in [0.2, 0.25) is 10.0 Å². The van der Waals surface area contributed by atoms with Gasteiger partial charge in [-0.3, -0.25) is 9.36 Å². The first-order valence-corrected chi connectivity index (χ1v) is 8.28. The molecule has 2 aromatic rings. The number of sulfonamides is 1. The van der Waals surface area contributed by atoms with E-state index in [-0.39, 0.29) is 18.6 Å². The number of para-hydroxylation sites is 1. The Bertz CT molecular complexity index is 867. The van der Waals surface area contributed by atoms with Crippen LogP contribution in [0.1, 0.15) is 6.42 Å². The zero-order valence-corrected chi connectivity index (χ0v) is 12.7. The first kappa shape index (κ1) is 15.5. The average Bonchev–Trinajstić information content (AvgIpc) is 2.41. The number of nitrogens with zero attached hydrogens (tertiary/aromatic N) is 2. The van der Waals surface area contributed by atoms with Crippen molar-refractivity contribution in [3.63, 3.8) is 0 Å². The molecule has 2 rings (SSSR count). The molecule has 0 aliphatic heterocycles. The van der Waals surface area contributed by atoms with Crippen molar-refractivity contribution >= 4 is 20.9 Å². The van der Waals surface area contributed by atoms with Crippen molar-refractivity contribution in [1.82, 2.24) is 13.9 Å². The minimum Gasteiger partial charge on any atom is -0.307 e. The molecule has 0 amide bonds. The van der Waals surface area contributed by atoms with Gasteiger partial charge >= 0.3 is 5.69 Å². The second-order valence-electron chi connectivity index (χ2n) is 4.87. The lowest BCUT2D eigenvalue weighted by molar-refractivity contribution is 0.445. The van der Waals surface area contributed by atoms with Gasteiger partial charge in [-0.25, -0.2) is 17.5 Å². The van der Waals surface area contributed by atoms with Crippen LogP contribution in [0.4, 0.5) is 0 Å². The molecule has 21 heavy (non-hydrogen) atoms. The second kappa shape index (κ2) is 5.82. The minimum atomic E-state index is -3.25. The molecule has 0 radical (unpaired) electrons. The summed E-state index contributed by atoms with van der Waals surface area (Å²) in [7, 11) is -1.79. The number of hydrogen-bond acceptors (Lipinski definition) is 4. The van der Waals surface area contributed by atoms with Crippen molar-refractivity contribution in [3.05, 3.63) is 45.1 Å². The van der Waals surface area contributed by atoms with Crippen molar-refractivity contribution in [2.24, 2.45) is 0 Å². The second-order valence-corrected chi connectivity index (χ2v) is 6.96. The molecular formula is C13H17N3O4S. The van der Waals surface area contributed by atoms with Crippen molar-refractivity contribution in [3.8, 4) is 0 Å². The smallest absolute Gasteiger partial charge is 0.307 e. The Balaban J connectivity index is 2.24. The van der Waals surface area contributed by atoms with E-state index in [1.165, 1.54) is 11.4 Å². The molecule has 0 bridgehead atoms. The summed E-state index contributed by atoms with van der Waals surface area (Å²) in [6.45, 7) is 0.413. The van der Waals surface area contributed by atoms with Gasteiger partial charge in [-0.2, -0.15) is 0 Å². The molecule has 1 aromatic carbocycles. The van der Waals surface area contributed by atoms with E-state index in [2.05, 4.69) is 4.98 Å². The molecule has 7 nitrogen and oxygen atoms in total. The zero-order chi connectivity index (χ0) is 15.6. The van der Waals surface area contributed by atoms with Gasteiger partial charge in [0.1, 0.15) is 0 Å². The molecule has 0 spiro atoms. The number of nitrogens with one attached hydrogen (secondary N) is 1. The Morgan fingerprint density at radius 3 is 2.57 bits per heavy atom. The lowest BCUT2D eigenvalue weighted by Crippen LogP contribution is -2.36. The van der Waals surface area contributed by atoms with Crippen LogP contribution >= 0.6 is 0 Å². The molecule has 0 atom stereocenters. The van der Waals surface area contributed by atoms with E-state index in [1.807, 2.05) is 0 Å². The fraction of sp³-hybridized carbons (Fsp3) is 0.385. The first-order chi connectivity index (χ1) is 9.80. The molecule has 1 aromatic heterocycles. The molecule has 1 N–H and O–H groups in total. The third-order valence-corrected chi connectivity index (χ3v) is 4.63. The molecule has 0 fully saturated rings. The van der Waals surface area contributed by atoms with Gasteiger partial charge in [-0.15, -0.1) is 0 Å². The molecule has 114 valence electrons. The van der Waals surface area contributed by atoms with E-state index in [1.54, 1.807) is 24.3 Å². The number of fused-ring (bicyclic) bond motifs is 1. The maximum atomic E-state index is 12.2. The van der Waals surface area contributed by atoms with Gasteiger partial charge in [-0.05, 0) is 18.6 Å². The van der Waals surface area contributed by atoms with Gasteiger partial charge in [0.05, 0.1) is 17.2 Å². The SMILES string of the molecule is CN(CCCn1c(=O)[nH]c2ccccc2c1=O)S(C)(=O)=O. The zero-order valence-electron chi connectivity index (χ0n) is 11.9. The van der Waals surface area contributed by atoms with Crippen molar-refractivity contribution in [2.75, 3.05) is 19.8 Å². The maximum Gasteiger partial charge on any atom is 0.328 e. The Kier molecular flexibility index (Phi) is 4.29. The highest BCUT2D eigenvalue weighted by atomic mass is 32.2. The Morgan fingerprint density at radius 2 is 1.90 bits per heavy atom. The Labute approximate surface area is 121 Å². The van der Waals surface area contributed by atoms with Crippen LogP contribution in [-0.2, 0) is 16.6 Å². The fourth-order valence-electron chi connectivity index (χ4n) is 2.02. The van der Waals surface area contributed by atoms with Gasteiger partial charge in [0.25, 0.3) is 5.56 Å². The standard InChI is InChI=1S/C13H17N3O4S/c1-15(21(2,19)20)8-5-9-16-12(17)10-6-3-4-7-11(10)14-13(16)18/h3-4,6-7H,5,8-9H2,1-2H3,(H,14,18). The minimum absolute atomic E-state index is 0.166. The highest BCUT2D eigenvalue weighted by Gasteiger charge is 2.11. The Morgan fingerprint density at radius 1 is 1.24 bits per heavy atom. The molecule has 0 saturated carbocycles. The summed E-state index contributed by atoms with van der Waals surface area (Å²) in [5.74, 6) is 0. The van der Waals surface area contributed by atoms with E-state index in [4.69, 9.17) is 0 Å². The number of H-pyrrole nitrogens is 1. The third kappa shape index (κ3) is 3.40. The summed E-state index contributed by atoms with van der Waals surface area (Å²) in [5, 5.41) is 0.438. The van der Waals surface area contributed by atoms with Crippen LogP contribution in [0.25, 0.3) is 10.9 Å². The predicted molar refractivity (Wildman–Crippen MR) is 80.9 cm³/mol. The van der Waals surface area contributed by atoms with E-state index in [0.717, 1.165) is 10.8 Å². The van der Waals surface area contributed by atoms with Crippen LogP contribution in [-0.4, -0.2) is 42.1 Å². The molecule has 8 heteroatoms. The lowest BCUT2D eigenvalue weighted by atomic mass is 10.2. The summed E-state index contributed by atoms with van der Waals surface area (Å²) < 4.78 is 24.8. The van der Waals surface area contributed by atoms with Crippen LogP contribution in [0.15, 0.2) is 33.9 Å². The van der Waals surface area contributed by atoms with Crippen LogP contribution in [0, 0.1) is 0 Å². The van der Waals surface area contributed by atoms with E-state index < -0.39 is 15.7 Å². The van der Waals surface area contributed by atoms with Crippen LogP contribution < -0.4 is 11.2 Å². The lowest BCUT2D eigenvalue weighted by Gasteiger charge is -2.14. The van der Waals surface area contributed by atoms with E-state index in [0.29, 0.717) is 17.3 Å². The summed E-state index contributed by atoms with van der Waals surface area (Å²) in [5.41, 5.74) is -0.353. The van der Waals surface area contributed by atoms with Crippen LogP contribution in [0.5, 0.6) is 0 Å². The summed E-state index contributed by atoms with van der Waals surface area (Å²) in [4.78, 5) is 26.8. The molecule has 0 aliphatic rings. The number of benzene rings is 1. The normalized spacial score (nSPS) is 12.1. The molecule has 0 aliphatic carbocycles. The highest BCUT2D eigenvalue weighted by molar-refractivity contribution is 7.88. The van der Waals surface area contributed by atoms with Crippen LogP contribution in [0.3, 0.4) is 0 Å². The van der Waals surface area contributed by atoms with Crippen molar-refractivity contribution in [2.45, 2.75) is 13.0 Å². The largest absolute Gasteiger partial charge is 0.328 e. The molecule has 0 unspecified atom stereocenters. The van der Waals surface area contributed by atoms with E-state index >= 15 is 0 Å². The maximum absolute atomic E-state index is 12.2. The summed E-state index contributed by atoms with van der Waals surface area (Å²) >= 11 is 0. The number of aromatic amines is 1. The molecule has 0 saturated heterocycles. The quantitative estimate of drug-likeness (QED) is 0.839. The van der Waals surface area contributed by atoms with Gasteiger partial charge in [-0.1, -0.05) is 12.1 Å². The third-order valence-electron chi connectivity index (χ3n) is 3.31. The monoisotopic (exact) mass is 311 g/mol. The molecular weight excluding hydrogens is 294 g/mol. The number of rotatable bonds is 5. The summed E-state index contributed by atoms with van der Waals surface area (Å²) in [6, 6.07) is 6.78. The average molecular weight is 311 g/mol. The summed E-state index contributed by atoms with van der Waals surface area (Å²) in [6.07, 6.45) is 1.49. The van der Waals surface area contributed by atoms with Crippen molar-refractivity contribution in [1.29, 1.82) is 0 Å². The van der Waals surface area contributed by atoms with Crippen LogP contribution in [0.2, 0.25) is 0 Å². The fourth-order valence-corrected chi connectivity index (χ4v) is 2.48. The van der Waals surface area contributed by atoms with Gasteiger partial charge in [0.15, 0.2) is 0 Å². The van der Waals surface area contributed by atoms with Gasteiger partial charge in [0, 0.05) is 20.1 Å². The molecule has 1 heterocycles.